The highest BCUT2D eigenvalue weighted by Crippen LogP contribution is 2.43. The lowest BCUT2D eigenvalue weighted by Crippen LogP contribution is -2.51. The first kappa shape index (κ1) is 15.3. The minimum Gasteiger partial charge on any atom is -0.497 e. The van der Waals surface area contributed by atoms with Gasteiger partial charge in [0.15, 0.2) is 0 Å². The van der Waals surface area contributed by atoms with E-state index in [1.165, 1.54) is 10.9 Å². The van der Waals surface area contributed by atoms with Gasteiger partial charge < -0.3 is 19.5 Å². The van der Waals surface area contributed by atoms with Crippen LogP contribution in [0.2, 0.25) is 0 Å². The van der Waals surface area contributed by atoms with Gasteiger partial charge in [-0.1, -0.05) is 11.6 Å². The van der Waals surface area contributed by atoms with Crippen molar-refractivity contribution in [3.8, 4) is 5.75 Å². The van der Waals surface area contributed by atoms with Gasteiger partial charge >= 0.3 is 0 Å². The summed E-state index contributed by atoms with van der Waals surface area (Å²) in [6, 6.07) is 12.2. The zero-order chi connectivity index (χ0) is 18.0. The van der Waals surface area contributed by atoms with Crippen LogP contribution in [-0.2, 0) is 6.42 Å². The zero-order valence-corrected chi connectivity index (χ0v) is 15.2. The molecule has 2 aliphatic heterocycles. The SMILES string of the molecule is COc1ccc2[nH]c3c(c2c1)CCN1C(=O)c2cc(C)ccc2N(C)C31. The molecule has 0 saturated heterocycles. The Kier molecular flexibility index (Phi) is 3.11. The summed E-state index contributed by atoms with van der Waals surface area (Å²) in [5, 5.41) is 1.19. The molecule has 1 amide bonds. The van der Waals surface area contributed by atoms with E-state index < -0.39 is 0 Å². The van der Waals surface area contributed by atoms with Gasteiger partial charge in [0.1, 0.15) is 11.9 Å². The third-order valence-electron chi connectivity index (χ3n) is 5.69. The molecule has 0 saturated carbocycles. The summed E-state index contributed by atoms with van der Waals surface area (Å²) in [4.78, 5) is 20.9. The van der Waals surface area contributed by atoms with Crippen molar-refractivity contribution in [2.24, 2.45) is 0 Å². The number of aromatic nitrogens is 1. The van der Waals surface area contributed by atoms with Crippen LogP contribution in [0.1, 0.15) is 33.3 Å². The third-order valence-corrected chi connectivity index (χ3v) is 5.69. The van der Waals surface area contributed by atoms with Crippen molar-refractivity contribution in [2.75, 3.05) is 25.6 Å². The minimum absolute atomic E-state index is 0.0974. The maximum absolute atomic E-state index is 13.1. The van der Waals surface area contributed by atoms with E-state index in [-0.39, 0.29) is 12.1 Å². The molecule has 0 spiro atoms. The van der Waals surface area contributed by atoms with Crippen molar-refractivity contribution in [3.05, 3.63) is 58.8 Å². The summed E-state index contributed by atoms with van der Waals surface area (Å²) in [5.74, 6) is 0.976. The molecule has 132 valence electrons. The summed E-state index contributed by atoms with van der Waals surface area (Å²) >= 11 is 0. The van der Waals surface area contributed by atoms with E-state index in [0.717, 1.165) is 46.7 Å². The molecule has 1 unspecified atom stereocenters. The number of rotatable bonds is 1. The van der Waals surface area contributed by atoms with Gasteiger partial charge in [0, 0.05) is 24.5 Å². The number of anilines is 1. The molecule has 0 fully saturated rings. The zero-order valence-electron chi connectivity index (χ0n) is 15.2. The predicted octanol–water partition coefficient (Wildman–Crippen LogP) is 3.63. The summed E-state index contributed by atoms with van der Waals surface area (Å²) in [5.41, 5.74) is 6.39. The fourth-order valence-electron chi connectivity index (χ4n) is 4.41. The van der Waals surface area contributed by atoms with Crippen LogP contribution in [-0.4, -0.2) is 36.5 Å². The van der Waals surface area contributed by atoms with Crippen LogP contribution in [0.4, 0.5) is 5.69 Å². The molecule has 5 nitrogen and oxygen atoms in total. The number of nitrogens with one attached hydrogen (secondary N) is 1. The number of methoxy groups -OCH3 is 1. The molecule has 3 heterocycles. The molecule has 1 aromatic heterocycles. The quantitative estimate of drug-likeness (QED) is 0.731. The van der Waals surface area contributed by atoms with Crippen LogP contribution >= 0.6 is 0 Å². The maximum atomic E-state index is 13.1. The average molecular weight is 347 g/mol. The molecule has 1 atom stereocenters. The van der Waals surface area contributed by atoms with E-state index in [9.17, 15) is 4.79 Å². The van der Waals surface area contributed by atoms with Crippen LogP contribution in [0, 0.1) is 6.92 Å². The first-order valence-corrected chi connectivity index (χ1v) is 8.91. The molecule has 0 bridgehead atoms. The number of nitrogens with zero attached hydrogens (tertiary/aromatic N) is 2. The predicted molar refractivity (Wildman–Crippen MR) is 102 cm³/mol. The normalized spacial score (nSPS) is 18.6. The molecular weight excluding hydrogens is 326 g/mol. The van der Waals surface area contributed by atoms with Gasteiger partial charge in [0.05, 0.1) is 24.1 Å². The minimum atomic E-state index is -0.0974. The molecule has 2 aromatic carbocycles. The Morgan fingerprint density at radius 3 is 2.85 bits per heavy atom. The Bertz CT molecular complexity index is 1050. The number of carbonyl (C=O) groups excluding carboxylic acids is 1. The van der Waals surface area contributed by atoms with Crippen molar-refractivity contribution in [1.29, 1.82) is 0 Å². The van der Waals surface area contributed by atoms with Crippen molar-refractivity contribution in [2.45, 2.75) is 19.5 Å². The largest absolute Gasteiger partial charge is 0.497 e. The fourth-order valence-corrected chi connectivity index (χ4v) is 4.41. The number of aryl methyl sites for hydroxylation is 1. The van der Waals surface area contributed by atoms with E-state index in [0.29, 0.717) is 0 Å². The first-order chi connectivity index (χ1) is 12.6. The molecule has 2 aliphatic rings. The molecular formula is C21H21N3O2. The second-order valence-corrected chi connectivity index (χ2v) is 7.18. The van der Waals surface area contributed by atoms with Gasteiger partial charge in [-0.15, -0.1) is 0 Å². The lowest BCUT2D eigenvalue weighted by Gasteiger charge is -2.46. The van der Waals surface area contributed by atoms with Crippen LogP contribution in [0.15, 0.2) is 36.4 Å². The summed E-state index contributed by atoms with van der Waals surface area (Å²) in [6.07, 6.45) is 0.750. The van der Waals surface area contributed by atoms with Gasteiger partial charge in [0.2, 0.25) is 0 Å². The molecule has 3 aromatic rings. The Labute approximate surface area is 152 Å². The number of aromatic amines is 1. The maximum Gasteiger partial charge on any atom is 0.257 e. The van der Waals surface area contributed by atoms with E-state index in [1.807, 2.05) is 24.0 Å². The smallest absolute Gasteiger partial charge is 0.257 e. The summed E-state index contributed by atoms with van der Waals surface area (Å²) in [6.45, 7) is 2.75. The number of carbonyl (C=O) groups is 1. The van der Waals surface area contributed by atoms with Crippen molar-refractivity contribution >= 4 is 22.5 Å². The van der Waals surface area contributed by atoms with Crippen molar-refractivity contribution in [1.82, 2.24) is 9.88 Å². The topological polar surface area (TPSA) is 48.6 Å². The number of benzene rings is 2. The number of hydrogen-bond acceptors (Lipinski definition) is 3. The highest BCUT2D eigenvalue weighted by atomic mass is 16.5. The highest BCUT2D eigenvalue weighted by Gasteiger charge is 2.41. The number of ether oxygens (including phenoxy) is 1. The van der Waals surface area contributed by atoms with Crippen LogP contribution < -0.4 is 9.64 Å². The first-order valence-electron chi connectivity index (χ1n) is 8.91. The van der Waals surface area contributed by atoms with E-state index in [1.54, 1.807) is 7.11 Å². The number of hydrogen-bond donors (Lipinski definition) is 1. The Morgan fingerprint density at radius 2 is 2.04 bits per heavy atom. The van der Waals surface area contributed by atoms with E-state index in [2.05, 4.69) is 41.2 Å². The van der Waals surface area contributed by atoms with Crippen LogP contribution in [0.5, 0.6) is 5.75 Å². The van der Waals surface area contributed by atoms with Crippen molar-refractivity contribution < 1.29 is 9.53 Å². The molecule has 5 rings (SSSR count). The molecule has 0 aliphatic carbocycles. The lowest BCUT2D eigenvalue weighted by molar-refractivity contribution is 0.0634. The van der Waals surface area contributed by atoms with E-state index in [4.69, 9.17) is 4.74 Å². The van der Waals surface area contributed by atoms with Gasteiger partial charge in [-0.05, 0) is 49.2 Å². The molecule has 1 N–H and O–H groups in total. The third kappa shape index (κ3) is 1.94. The average Bonchev–Trinajstić information content (AvgIpc) is 3.03. The van der Waals surface area contributed by atoms with Gasteiger partial charge in [-0.2, -0.15) is 0 Å². The van der Waals surface area contributed by atoms with Crippen LogP contribution in [0.25, 0.3) is 10.9 Å². The monoisotopic (exact) mass is 347 g/mol. The number of fused-ring (bicyclic) bond motifs is 6. The second kappa shape index (κ2) is 5.27. The molecule has 26 heavy (non-hydrogen) atoms. The highest BCUT2D eigenvalue weighted by molar-refractivity contribution is 6.02. The van der Waals surface area contributed by atoms with Crippen molar-refractivity contribution in [3.63, 3.8) is 0 Å². The molecule has 5 heteroatoms. The summed E-state index contributed by atoms with van der Waals surface area (Å²) in [7, 11) is 3.76. The second-order valence-electron chi connectivity index (χ2n) is 7.18. The fraction of sp³-hybridized carbons (Fsp3) is 0.286. The van der Waals surface area contributed by atoms with Gasteiger partial charge in [-0.3, -0.25) is 4.79 Å². The standard InChI is InChI=1S/C21H21N3O2/c1-12-4-7-18-16(10-12)21(25)24-9-8-14-15-11-13(26-3)5-6-17(15)22-19(14)20(24)23(18)2/h4-7,10-11,20,22H,8-9H2,1-3H3. The van der Waals surface area contributed by atoms with E-state index >= 15 is 0 Å². The van der Waals surface area contributed by atoms with Gasteiger partial charge in [-0.25, -0.2) is 0 Å². The number of H-pyrrole nitrogens is 1. The molecule has 0 radical (unpaired) electrons. The lowest BCUT2D eigenvalue weighted by atomic mass is 9.95. The Balaban J connectivity index is 1.70. The Morgan fingerprint density at radius 1 is 1.19 bits per heavy atom. The van der Waals surface area contributed by atoms with Crippen LogP contribution in [0.3, 0.4) is 0 Å². The number of amides is 1. The van der Waals surface area contributed by atoms with Gasteiger partial charge in [0.25, 0.3) is 5.91 Å². The Hall–Kier alpha value is -2.95. The summed E-state index contributed by atoms with van der Waals surface area (Å²) < 4.78 is 5.40.